The van der Waals surface area contributed by atoms with Crippen molar-refractivity contribution in [3.63, 3.8) is 0 Å². The second-order valence-corrected chi connectivity index (χ2v) is 15.8. The number of fused-ring (bicyclic) bond motifs is 4. The quantitative estimate of drug-likeness (QED) is 0.191. The summed E-state index contributed by atoms with van der Waals surface area (Å²) in [5.41, 5.74) is 4.52. The first-order chi connectivity index (χ1) is 24.3. The van der Waals surface area contributed by atoms with E-state index in [-0.39, 0.29) is 47.0 Å². The molecule has 11 heteroatoms. The number of aromatic nitrogens is 2. The highest BCUT2D eigenvalue weighted by molar-refractivity contribution is 6.43. The minimum atomic E-state index is -0.468. The average molecular weight is 717 g/mol. The number of rotatable bonds is 9. The van der Waals surface area contributed by atoms with Crippen LogP contribution in [0.15, 0.2) is 30.3 Å². The molecule has 2 aromatic carbocycles. The van der Waals surface area contributed by atoms with Gasteiger partial charge in [-0.05, 0) is 68.7 Å². The number of aryl methyl sites for hydroxylation is 2. The van der Waals surface area contributed by atoms with Gasteiger partial charge in [-0.1, -0.05) is 35.3 Å². The highest BCUT2D eigenvalue weighted by atomic mass is 35.5. The Bertz CT molecular complexity index is 2050. The number of amides is 1. The molecule has 8 nitrogen and oxygen atoms in total. The van der Waals surface area contributed by atoms with Crippen molar-refractivity contribution < 1.29 is 18.7 Å². The molecule has 2 aromatic heterocycles. The van der Waals surface area contributed by atoms with E-state index in [4.69, 9.17) is 37.7 Å². The van der Waals surface area contributed by atoms with Crippen LogP contribution in [-0.4, -0.2) is 65.4 Å². The third kappa shape index (κ3) is 5.33. The average Bonchev–Trinajstić information content (AvgIpc) is 3.62. The molecule has 4 saturated heterocycles. The second kappa shape index (κ2) is 12.8. The summed E-state index contributed by atoms with van der Waals surface area (Å²) in [5.74, 6) is 0.653. The van der Waals surface area contributed by atoms with Crippen molar-refractivity contribution in [1.82, 2.24) is 19.8 Å². The van der Waals surface area contributed by atoms with Gasteiger partial charge in [0.1, 0.15) is 5.52 Å². The molecule has 0 spiro atoms. The molecule has 1 amide bonds. The molecule has 2 bridgehead atoms. The van der Waals surface area contributed by atoms with Gasteiger partial charge in [0.15, 0.2) is 5.82 Å². The Hall–Kier alpha value is -3.26. The summed E-state index contributed by atoms with van der Waals surface area (Å²) in [6, 6.07) is 12.0. The predicted octanol–water partition coefficient (Wildman–Crippen LogP) is 7.70. The van der Waals surface area contributed by atoms with Gasteiger partial charge in [0.2, 0.25) is 5.91 Å². The minimum Gasteiger partial charge on any atom is -0.381 e. The SMILES string of the molecule is Cc1nc2c(F)c(-c3cccc(Cl)c3Cl)c(CCC#N)cc2c2c1cc([C@H]1C[C@H](OC[C@@H]3CCOC3)CN1C(=O)C1CC1)n2[C@H]1[C@H]2CN[C@@H]1C2. The Kier molecular flexibility index (Phi) is 8.32. The standard InChI is InChI=1S/C39H40Cl2FN5O3/c1-20-27-15-32(31-14-25(50-19-21-9-11-49-18-21)17-46(31)39(48)22-7-8-22)47(37-24-13-30(37)44-16-24)38(27)28-12-23(4-3-10-43)33(35(42)36(28)45-20)26-5-2-6-29(40)34(26)41/h2,5-6,12,15,21-22,24-25,30-31,37,44H,3-4,7-9,11,13-14,16-19H2,1H3/t21-,24-,25+,30-,31-,37+/m1/s1. The molecule has 6 heterocycles. The van der Waals surface area contributed by atoms with Gasteiger partial charge in [-0.25, -0.2) is 9.37 Å². The first-order valence-corrected chi connectivity index (χ1v) is 18.8. The van der Waals surface area contributed by atoms with E-state index >= 15 is 4.39 Å². The molecule has 6 atom stereocenters. The molecule has 0 unspecified atom stereocenters. The molecule has 2 aliphatic carbocycles. The van der Waals surface area contributed by atoms with E-state index in [0.29, 0.717) is 71.0 Å². The van der Waals surface area contributed by atoms with Crippen LogP contribution in [0.25, 0.3) is 32.9 Å². The topological polar surface area (TPSA) is 92.4 Å². The zero-order valence-corrected chi connectivity index (χ0v) is 29.6. The molecule has 2 saturated carbocycles. The van der Waals surface area contributed by atoms with Crippen molar-refractivity contribution >= 4 is 50.9 Å². The molecular formula is C39H40Cl2FN5O3. The number of ether oxygens (including phenoxy) is 2. The Morgan fingerprint density at radius 2 is 2.06 bits per heavy atom. The summed E-state index contributed by atoms with van der Waals surface area (Å²) in [5, 5.41) is 15.6. The molecule has 6 aliphatic rings. The van der Waals surface area contributed by atoms with Crippen LogP contribution in [-0.2, 0) is 20.7 Å². The number of nitrogens with zero attached hydrogens (tertiary/aromatic N) is 4. The van der Waals surface area contributed by atoms with Crippen molar-refractivity contribution in [2.45, 2.75) is 76.1 Å². The van der Waals surface area contributed by atoms with E-state index < -0.39 is 5.82 Å². The second-order valence-electron chi connectivity index (χ2n) is 15.0. The largest absolute Gasteiger partial charge is 0.381 e. The molecule has 6 fully saturated rings. The summed E-state index contributed by atoms with van der Waals surface area (Å²) >= 11 is 13.1. The molecule has 4 aromatic rings. The third-order valence-corrected chi connectivity index (χ3v) is 12.7. The number of hydrogen-bond donors (Lipinski definition) is 1. The Morgan fingerprint density at radius 1 is 1.20 bits per heavy atom. The van der Waals surface area contributed by atoms with E-state index in [0.717, 1.165) is 67.7 Å². The zero-order chi connectivity index (χ0) is 34.3. The highest BCUT2D eigenvalue weighted by Crippen LogP contribution is 2.51. The van der Waals surface area contributed by atoms with Gasteiger partial charge in [-0.3, -0.25) is 4.79 Å². The first kappa shape index (κ1) is 32.6. The Labute approximate surface area is 300 Å². The van der Waals surface area contributed by atoms with Crippen LogP contribution in [0.4, 0.5) is 4.39 Å². The van der Waals surface area contributed by atoms with E-state index in [1.165, 1.54) is 0 Å². The smallest absolute Gasteiger partial charge is 0.226 e. The summed E-state index contributed by atoms with van der Waals surface area (Å²) in [6.45, 7) is 5.58. The normalized spacial score (nSPS) is 27.4. The van der Waals surface area contributed by atoms with Crippen molar-refractivity contribution in [3.05, 3.63) is 63.1 Å². The molecule has 0 radical (unpaired) electrons. The first-order valence-electron chi connectivity index (χ1n) is 18.0. The van der Waals surface area contributed by atoms with Gasteiger partial charge in [-0.2, -0.15) is 5.26 Å². The van der Waals surface area contributed by atoms with Crippen molar-refractivity contribution in [3.8, 4) is 17.2 Å². The number of pyridine rings is 1. The number of carbonyl (C=O) groups excluding carboxylic acids is 1. The molecule has 4 aliphatic heterocycles. The Morgan fingerprint density at radius 3 is 2.78 bits per heavy atom. The highest BCUT2D eigenvalue weighted by Gasteiger charge is 2.51. The van der Waals surface area contributed by atoms with Gasteiger partial charge in [0, 0.05) is 83.7 Å². The van der Waals surface area contributed by atoms with Crippen LogP contribution in [0.5, 0.6) is 0 Å². The monoisotopic (exact) mass is 715 g/mol. The number of halogens is 3. The van der Waals surface area contributed by atoms with Gasteiger partial charge >= 0.3 is 0 Å². The third-order valence-electron chi connectivity index (χ3n) is 11.8. The Balaban J connectivity index is 1.24. The molecular weight excluding hydrogens is 676 g/mol. The zero-order valence-electron chi connectivity index (χ0n) is 28.1. The van der Waals surface area contributed by atoms with Crippen molar-refractivity contribution in [2.75, 3.05) is 32.9 Å². The van der Waals surface area contributed by atoms with Crippen LogP contribution in [0.3, 0.4) is 0 Å². The van der Waals surface area contributed by atoms with Gasteiger partial charge < -0.3 is 24.3 Å². The summed E-state index contributed by atoms with van der Waals surface area (Å²) in [6.07, 6.45) is 5.17. The van der Waals surface area contributed by atoms with Crippen LogP contribution in [0.1, 0.15) is 67.6 Å². The van der Waals surface area contributed by atoms with Gasteiger partial charge in [0.05, 0.1) is 53.0 Å². The maximum atomic E-state index is 17.1. The van der Waals surface area contributed by atoms with E-state index in [1.54, 1.807) is 18.2 Å². The maximum absolute atomic E-state index is 17.1. The summed E-state index contributed by atoms with van der Waals surface area (Å²) < 4.78 is 31.7. The fourth-order valence-electron chi connectivity index (χ4n) is 9.09. The van der Waals surface area contributed by atoms with E-state index in [2.05, 4.69) is 26.9 Å². The number of benzene rings is 2. The van der Waals surface area contributed by atoms with Crippen LogP contribution >= 0.6 is 23.2 Å². The minimum absolute atomic E-state index is 0.0676. The molecule has 10 rings (SSSR count). The fraction of sp³-hybridized carbons (Fsp3) is 0.513. The summed E-state index contributed by atoms with van der Waals surface area (Å²) in [7, 11) is 0. The van der Waals surface area contributed by atoms with Crippen LogP contribution < -0.4 is 5.32 Å². The lowest BCUT2D eigenvalue weighted by molar-refractivity contribution is -0.134. The summed E-state index contributed by atoms with van der Waals surface area (Å²) in [4.78, 5) is 20.9. The molecule has 50 heavy (non-hydrogen) atoms. The lowest BCUT2D eigenvalue weighted by Gasteiger charge is -2.39. The predicted molar refractivity (Wildman–Crippen MR) is 191 cm³/mol. The lowest BCUT2D eigenvalue weighted by atomic mass is 9.79. The van der Waals surface area contributed by atoms with Crippen LogP contribution in [0, 0.1) is 41.8 Å². The molecule has 260 valence electrons. The van der Waals surface area contributed by atoms with Gasteiger partial charge in [0.25, 0.3) is 0 Å². The fourth-order valence-corrected chi connectivity index (χ4v) is 9.49. The van der Waals surface area contributed by atoms with Crippen LogP contribution in [0.2, 0.25) is 10.0 Å². The molecule has 1 N–H and O–H groups in total. The number of likely N-dealkylation sites (tertiary alicyclic amines) is 1. The van der Waals surface area contributed by atoms with E-state index in [9.17, 15) is 10.1 Å². The van der Waals surface area contributed by atoms with Crippen molar-refractivity contribution in [1.29, 1.82) is 5.26 Å². The number of hydrogen-bond acceptors (Lipinski definition) is 6. The number of carbonyl (C=O) groups is 1. The van der Waals surface area contributed by atoms with Crippen molar-refractivity contribution in [2.24, 2.45) is 17.8 Å². The maximum Gasteiger partial charge on any atom is 0.226 e. The number of nitrogens with one attached hydrogen (secondary N) is 1. The number of nitriles is 1. The lowest BCUT2D eigenvalue weighted by Crippen LogP contribution is -2.41. The van der Waals surface area contributed by atoms with Gasteiger partial charge in [-0.15, -0.1) is 0 Å². The van der Waals surface area contributed by atoms with E-state index in [1.807, 2.05) is 13.0 Å².